The van der Waals surface area contributed by atoms with Gasteiger partial charge < -0.3 is 21.1 Å². The summed E-state index contributed by atoms with van der Waals surface area (Å²) in [6.07, 6.45) is 3.99. The van der Waals surface area contributed by atoms with Crippen LogP contribution < -0.4 is 16.0 Å². The van der Waals surface area contributed by atoms with Crippen LogP contribution in [0.1, 0.15) is 36.0 Å². The molecule has 0 bridgehead atoms. The van der Waals surface area contributed by atoms with Gasteiger partial charge in [-0.05, 0) is 37.2 Å². The maximum Gasteiger partial charge on any atom is 0.257 e. The van der Waals surface area contributed by atoms with Gasteiger partial charge in [0.15, 0.2) is 5.82 Å². The molecule has 1 fully saturated rings. The molecule has 19 heavy (non-hydrogen) atoms. The molecule has 0 aliphatic carbocycles. The van der Waals surface area contributed by atoms with Crippen LogP contribution in [0.25, 0.3) is 0 Å². The smallest absolute Gasteiger partial charge is 0.257 e. The second kappa shape index (κ2) is 6.21. The number of piperidine rings is 1. The Hall–Kier alpha value is -1.34. The van der Waals surface area contributed by atoms with Crippen LogP contribution >= 0.6 is 11.5 Å². The lowest BCUT2D eigenvalue weighted by atomic mass is 9.99. The molecule has 2 rings (SSSR count). The van der Waals surface area contributed by atoms with Crippen molar-refractivity contribution in [2.24, 2.45) is 0 Å². The van der Waals surface area contributed by atoms with Crippen LogP contribution in [0.2, 0.25) is 0 Å². The van der Waals surface area contributed by atoms with E-state index in [0.29, 0.717) is 12.0 Å². The first-order valence-corrected chi connectivity index (χ1v) is 7.31. The van der Waals surface area contributed by atoms with E-state index in [-0.39, 0.29) is 24.4 Å². The van der Waals surface area contributed by atoms with Crippen LogP contribution in [0, 0.1) is 0 Å². The van der Waals surface area contributed by atoms with Crippen molar-refractivity contribution in [2.45, 2.75) is 31.7 Å². The normalized spacial score (nSPS) is 19.5. The molecule has 1 saturated heterocycles. The highest BCUT2D eigenvalue weighted by Gasteiger charge is 2.29. The van der Waals surface area contributed by atoms with Gasteiger partial charge in [-0.1, -0.05) is 0 Å². The van der Waals surface area contributed by atoms with Gasteiger partial charge in [-0.15, -0.1) is 0 Å². The minimum Gasteiger partial charge on any atom is -0.396 e. The summed E-state index contributed by atoms with van der Waals surface area (Å²) in [5.41, 5.74) is 6.28. The van der Waals surface area contributed by atoms with E-state index in [2.05, 4.69) is 14.6 Å². The molecule has 1 aromatic rings. The van der Waals surface area contributed by atoms with Crippen molar-refractivity contribution in [2.75, 3.05) is 30.8 Å². The first-order chi connectivity index (χ1) is 9.19. The summed E-state index contributed by atoms with van der Waals surface area (Å²) in [5, 5.41) is 12.6. The van der Waals surface area contributed by atoms with Gasteiger partial charge in [0.2, 0.25) is 0 Å². The Bertz CT molecular complexity index is 447. The Labute approximate surface area is 116 Å². The number of amides is 1. The number of carbonyl (C=O) groups excluding carboxylic acids is 1. The van der Waals surface area contributed by atoms with Crippen molar-refractivity contribution in [3.63, 3.8) is 0 Å². The molecule has 1 amide bonds. The Morgan fingerprint density at radius 2 is 2.42 bits per heavy atom. The Morgan fingerprint density at radius 3 is 3.11 bits per heavy atom. The monoisotopic (exact) mass is 284 g/mol. The first kappa shape index (κ1) is 14.1. The van der Waals surface area contributed by atoms with E-state index in [0.717, 1.165) is 30.8 Å². The third-order valence-electron chi connectivity index (χ3n) is 3.50. The molecule has 1 atom stereocenters. The molecule has 0 saturated carbocycles. The number of nitrogens with two attached hydrogens (primary N) is 1. The lowest BCUT2D eigenvalue weighted by Crippen LogP contribution is -2.40. The fourth-order valence-corrected chi connectivity index (χ4v) is 3.45. The van der Waals surface area contributed by atoms with Crippen LogP contribution in [0.3, 0.4) is 0 Å². The number of carbonyl (C=O) groups is 1. The van der Waals surface area contributed by atoms with Crippen LogP contribution in [0.15, 0.2) is 0 Å². The van der Waals surface area contributed by atoms with Gasteiger partial charge in [-0.2, -0.15) is 4.37 Å². The summed E-state index contributed by atoms with van der Waals surface area (Å²) in [6.45, 7) is 1.04. The Morgan fingerprint density at radius 1 is 1.63 bits per heavy atom. The highest BCUT2D eigenvalue weighted by molar-refractivity contribution is 7.11. The van der Waals surface area contributed by atoms with Crippen molar-refractivity contribution in [3.05, 3.63) is 5.56 Å². The van der Waals surface area contributed by atoms with Gasteiger partial charge in [0.05, 0.1) is 0 Å². The number of hydrogen-bond donors (Lipinski definition) is 3. The van der Waals surface area contributed by atoms with Gasteiger partial charge >= 0.3 is 0 Å². The molecule has 106 valence electrons. The number of aromatic nitrogens is 1. The quantitative estimate of drug-likeness (QED) is 0.761. The summed E-state index contributed by atoms with van der Waals surface area (Å²) in [7, 11) is 1.59. The summed E-state index contributed by atoms with van der Waals surface area (Å²) < 4.78 is 4.11. The fraction of sp³-hybridized carbons (Fsp3) is 0.667. The van der Waals surface area contributed by atoms with Crippen molar-refractivity contribution in [1.82, 2.24) is 9.69 Å². The van der Waals surface area contributed by atoms with Crippen molar-refractivity contribution in [3.8, 4) is 0 Å². The molecule has 6 nitrogen and oxygen atoms in total. The van der Waals surface area contributed by atoms with Gasteiger partial charge in [-0.25, -0.2) is 0 Å². The van der Waals surface area contributed by atoms with Gasteiger partial charge in [0.25, 0.3) is 5.91 Å². The SMILES string of the molecule is CNC(=O)c1c(N)nsc1N1CCCCC1CCO. The van der Waals surface area contributed by atoms with E-state index in [9.17, 15) is 9.90 Å². The average molecular weight is 284 g/mol. The fourth-order valence-electron chi connectivity index (χ4n) is 2.54. The maximum absolute atomic E-state index is 11.9. The number of anilines is 2. The summed E-state index contributed by atoms with van der Waals surface area (Å²) >= 11 is 1.26. The number of nitrogen functional groups attached to an aromatic ring is 1. The molecule has 0 aromatic carbocycles. The second-order valence-electron chi connectivity index (χ2n) is 4.68. The van der Waals surface area contributed by atoms with Crippen LogP contribution in [-0.2, 0) is 0 Å². The first-order valence-electron chi connectivity index (χ1n) is 6.53. The summed E-state index contributed by atoms with van der Waals surface area (Å²) in [4.78, 5) is 14.1. The van der Waals surface area contributed by atoms with Gasteiger partial charge in [-0.3, -0.25) is 4.79 Å². The minimum absolute atomic E-state index is 0.158. The molecule has 7 heteroatoms. The zero-order valence-corrected chi connectivity index (χ0v) is 11.9. The van der Waals surface area contributed by atoms with Crippen LogP contribution in [-0.4, -0.2) is 41.6 Å². The topological polar surface area (TPSA) is 91.5 Å². The largest absolute Gasteiger partial charge is 0.396 e. The van der Waals surface area contributed by atoms with E-state index in [1.165, 1.54) is 11.5 Å². The van der Waals surface area contributed by atoms with Gasteiger partial charge in [0, 0.05) is 26.2 Å². The van der Waals surface area contributed by atoms with E-state index >= 15 is 0 Å². The standard InChI is InChI=1S/C12H20N4O2S/c1-14-11(18)9-10(13)15-19-12(9)16-6-3-2-4-8(16)5-7-17/h8,17H,2-7H2,1H3,(H2,13,15)(H,14,18). The zero-order valence-electron chi connectivity index (χ0n) is 11.1. The van der Waals surface area contributed by atoms with Crippen molar-refractivity contribution in [1.29, 1.82) is 0 Å². The van der Waals surface area contributed by atoms with Crippen LogP contribution in [0.5, 0.6) is 0 Å². The van der Waals surface area contributed by atoms with Crippen molar-refractivity contribution >= 4 is 28.3 Å². The molecule has 0 radical (unpaired) electrons. The zero-order chi connectivity index (χ0) is 13.8. The number of aliphatic hydroxyl groups excluding tert-OH is 1. The lowest BCUT2D eigenvalue weighted by Gasteiger charge is -2.36. The van der Waals surface area contributed by atoms with Crippen molar-refractivity contribution < 1.29 is 9.90 Å². The van der Waals surface area contributed by atoms with E-state index < -0.39 is 0 Å². The number of aliphatic hydroxyl groups is 1. The lowest BCUT2D eigenvalue weighted by molar-refractivity contribution is 0.0964. The molecule has 2 heterocycles. The molecule has 4 N–H and O–H groups in total. The predicted molar refractivity (Wildman–Crippen MR) is 76.6 cm³/mol. The maximum atomic E-state index is 11.9. The number of rotatable bonds is 4. The summed E-state index contributed by atoms with van der Waals surface area (Å²) in [5.74, 6) is 0.0854. The number of hydrogen-bond acceptors (Lipinski definition) is 6. The molecule has 1 unspecified atom stereocenters. The predicted octanol–water partition coefficient (Wildman–Crippen LogP) is 0.826. The highest BCUT2D eigenvalue weighted by atomic mass is 32.1. The number of nitrogens with one attached hydrogen (secondary N) is 1. The van der Waals surface area contributed by atoms with E-state index in [1.54, 1.807) is 7.05 Å². The van der Waals surface area contributed by atoms with Gasteiger partial charge in [0.1, 0.15) is 10.6 Å². The van der Waals surface area contributed by atoms with E-state index in [1.807, 2.05) is 0 Å². The second-order valence-corrected chi connectivity index (χ2v) is 5.43. The Balaban J connectivity index is 2.31. The highest BCUT2D eigenvalue weighted by Crippen LogP contribution is 2.35. The number of nitrogens with zero attached hydrogens (tertiary/aromatic N) is 2. The minimum atomic E-state index is -0.199. The van der Waals surface area contributed by atoms with Crippen LogP contribution in [0.4, 0.5) is 10.8 Å². The average Bonchev–Trinajstić information content (AvgIpc) is 2.81. The Kier molecular flexibility index (Phi) is 4.60. The summed E-state index contributed by atoms with van der Waals surface area (Å²) in [6, 6.07) is 0.266. The third-order valence-corrected chi connectivity index (χ3v) is 4.40. The molecule has 1 aliphatic rings. The molecule has 1 aliphatic heterocycles. The molecule has 1 aromatic heterocycles. The molecular weight excluding hydrogens is 264 g/mol. The van der Waals surface area contributed by atoms with E-state index in [4.69, 9.17) is 5.73 Å². The molecular formula is C12H20N4O2S. The molecule has 0 spiro atoms. The third kappa shape index (κ3) is 2.82.